The average Bonchev–Trinajstić information content (AvgIpc) is 3.36. The number of H-pyrrole nitrogens is 1. The number of anilines is 2. The number of nitrogens with zero attached hydrogens (tertiary/aromatic N) is 1. The Morgan fingerprint density at radius 2 is 1.89 bits per heavy atom. The van der Waals surface area contributed by atoms with E-state index in [0.29, 0.717) is 32.6 Å². The first-order chi connectivity index (χ1) is 12.9. The highest BCUT2D eigenvalue weighted by molar-refractivity contribution is 6.40. The van der Waals surface area contributed by atoms with E-state index in [-0.39, 0.29) is 17.7 Å². The molecule has 6 nitrogen and oxygen atoms in total. The summed E-state index contributed by atoms with van der Waals surface area (Å²) in [6.45, 7) is 1.42. The number of hydrogen-bond donors (Lipinski definition) is 3. The SMILES string of the molecule is CC(=O)Nc1cc(Cl)c(-c2c[nH]c3c(NC(=O)C4CC4)nccc23)c(Cl)c1. The number of hydrogen-bond acceptors (Lipinski definition) is 3. The maximum atomic E-state index is 12.1. The van der Waals surface area contributed by atoms with Crippen LogP contribution in [-0.2, 0) is 9.59 Å². The van der Waals surface area contributed by atoms with Crippen LogP contribution < -0.4 is 10.6 Å². The van der Waals surface area contributed by atoms with Crippen molar-refractivity contribution < 1.29 is 9.59 Å². The second-order valence-corrected chi connectivity index (χ2v) is 7.36. The van der Waals surface area contributed by atoms with Crippen molar-refractivity contribution in [2.24, 2.45) is 5.92 Å². The third-order valence-electron chi connectivity index (χ3n) is 4.42. The van der Waals surface area contributed by atoms with Gasteiger partial charge < -0.3 is 15.6 Å². The first-order valence-electron chi connectivity index (χ1n) is 8.48. The molecule has 0 aliphatic heterocycles. The summed E-state index contributed by atoms with van der Waals surface area (Å²) < 4.78 is 0. The fourth-order valence-electron chi connectivity index (χ4n) is 3.03. The number of pyridine rings is 1. The highest BCUT2D eigenvalue weighted by Gasteiger charge is 2.30. The number of carbonyl (C=O) groups is 2. The molecule has 1 aliphatic carbocycles. The highest BCUT2D eigenvalue weighted by atomic mass is 35.5. The van der Waals surface area contributed by atoms with E-state index in [9.17, 15) is 9.59 Å². The highest BCUT2D eigenvalue weighted by Crippen LogP contribution is 2.41. The van der Waals surface area contributed by atoms with Crippen molar-refractivity contribution in [1.29, 1.82) is 0 Å². The number of amides is 2. The van der Waals surface area contributed by atoms with E-state index >= 15 is 0 Å². The van der Waals surface area contributed by atoms with E-state index in [1.54, 1.807) is 24.5 Å². The van der Waals surface area contributed by atoms with Gasteiger partial charge in [-0.2, -0.15) is 0 Å². The third kappa shape index (κ3) is 3.50. The summed E-state index contributed by atoms with van der Waals surface area (Å²) in [5.41, 5.74) is 2.67. The molecule has 8 heteroatoms. The summed E-state index contributed by atoms with van der Waals surface area (Å²) in [5, 5.41) is 7.21. The summed E-state index contributed by atoms with van der Waals surface area (Å²) in [6, 6.07) is 5.14. The van der Waals surface area contributed by atoms with Gasteiger partial charge in [-0.1, -0.05) is 23.2 Å². The Hall–Kier alpha value is -2.57. The van der Waals surface area contributed by atoms with Crippen LogP contribution in [0.3, 0.4) is 0 Å². The molecular weight excluding hydrogens is 387 g/mol. The molecular formula is C19H16Cl2N4O2. The van der Waals surface area contributed by atoms with Crippen LogP contribution in [0.25, 0.3) is 22.0 Å². The lowest BCUT2D eigenvalue weighted by Gasteiger charge is -2.10. The zero-order chi connectivity index (χ0) is 19.1. The van der Waals surface area contributed by atoms with Crippen LogP contribution in [0.4, 0.5) is 11.5 Å². The van der Waals surface area contributed by atoms with Crippen LogP contribution in [0.1, 0.15) is 19.8 Å². The minimum atomic E-state index is -0.205. The van der Waals surface area contributed by atoms with E-state index in [1.807, 2.05) is 6.07 Å². The van der Waals surface area contributed by atoms with Crippen molar-refractivity contribution in [3.63, 3.8) is 0 Å². The first kappa shape index (κ1) is 17.8. The molecule has 0 atom stereocenters. The van der Waals surface area contributed by atoms with E-state index < -0.39 is 0 Å². The lowest BCUT2D eigenvalue weighted by molar-refractivity contribution is -0.117. The second kappa shape index (κ2) is 6.87. The number of aromatic amines is 1. The number of carbonyl (C=O) groups excluding carboxylic acids is 2. The topological polar surface area (TPSA) is 86.9 Å². The molecule has 0 radical (unpaired) electrons. The monoisotopic (exact) mass is 402 g/mol. The van der Waals surface area contributed by atoms with Gasteiger partial charge in [0.15, 0.2) is 5.82 Å². The number of rotatable bonds is 4. The summed E-state index contributed by atoms with van der Waals surface area (Å²) >= 11 is 12.9. The zero-order valence-electron chi connectivity index (χ0n) is 14.4. The van der Waals surface area contributed by atoms with E-state index in [1.165, 1.54) is 6.92 Å². The maximum Gasteiger partial charge on any atom is 0.228 e. The summed E-state index contributed by atoms with van der Waals surface area (Å²) in [7, 11) is 0. The van der Waals surface area contributed by atoms with Crippen LogP contribution in [0.15, 0.2) is 30.6 Å². The minimum absolute atomic E-state index is 0.0122. The molecule has 1 aliphatic rings. The lowest BCUT2D eigenvalue weighted by Crippen LogP contribution is -2.14. The summed E-state index contributed by atoms with van der Waals surface area (Å²) in [6.07, 6.45) is 5.26. The number of halogens is 2. The molecule has 2 heterocycles. The lowest BCUT2D eigenvalue weighted by atomic mass is 10.0. The van der Waals surface area contributed by atoms with Crippen molar-refractivity contribution >= 4 is 57.4 Å². The Bertz CT molecular complexity index is 1050. The van der Waals surface area contributed by atoms with Crippen molar-refractivity contribution in [1.82, 2.24) is 9.97 Å². The van der Waals surface area contributed by atoms with Crippen LogP contribution in [-0.4, -0.2) is 21.8 Å². The van der Waals surface area contributed by atoms with Gasteiger partial charge in [-0.05, 0) is 31.0 Å². The molecule has 4 rings (SSSR count). The predicted octanol–water partition coefficient (Wildman–Crippen LogP) is 4.84. The molecule has 1 saturated carbocycles. The van der Waals surface area contributed by atoms with Gasteiger partial charge in [0.2, 0.25) is 11.8 Å². The predicted molar refractivity (Wildman–Crippen MR) is 107 cm³/mol. The smallest absolute Gasteiger partial charge is 0.228 e. The molecule has 1 fully saturated rings. The molecule has 3 aromatic rings. The summed E-state index contributed by atoms with van der Waals surface area (Å²) in [5.74, 6) is 0.352. The van der Waals surface area contributed by atoms with Crippen LogP contribution in [0.5, 0.6) is 0 Å². The quantitative estimate of drug-likeness (QED) is 0.582. The number of benzene rings is 1. The molecule has 27 heavy (non-hydrogen) atoms. The van der Waals surface area contributed by atoms with Crippen molar-refractivity contribution in [2.75, 3.05) is 10.6 Å². The molecule has 3 N–H and O–H groups in total. The Kier molecular flexibility index (Phi) is 4.53. The largest absolute Gasteiger partial charge is 0.358 e. The second-order valence-electron chi connectivity index (χ2n) is 6.54. The molecule has 0 bridgehead atoms. The van der Waals surface area contributed by atoms with E-state index in [2.05, 4.69) is 20.6 Å². The van der Waals surface area contributed by atoms with Crippen molar-refractivity contribution in [2.45, 2.75) is 19.8 Å². The molecule has 2 amide bonds. The van der Waals surface area contributed by atoms with Gasteiger partial charge in [-0.25, -0.2) is 4.98 Å². The van der Waals surface area contributed by atoms with E-state index in [4.69, 9.17) is 23.2 Å². The fourth-order valence-corrected chi connectivity index (χ4v) is 3.72. The normalized spacial score (nSPS) is 13.6. The molecule has 0 unspecified atom stereocenters. The standard InChI is InChI=1S/C19H16Cl2N4O2/c1-9(26)24-11-6-14(20)16(15(21)7-11)13-8-23-17-12(13)4-5-22-18(17)25-19(27)10-2-3-10/h4-8,10,23H,2-3H2,1H3,(H,24,26)(H,22,25,27). The Morgan fingerprint density at radius 3 is 2.52 bits per heavy atom. The van der Waals surface area contributed by atoms with E-state index in [0.717, 1.165) is 23.8 Å². The molecule has 0 saturated heterocycles. The number of nitrogens with one attached hydrogen (secondary N) is 3. The molecule has 0 spiro atoms. The van der Waals surface area contributed by atoms with Gasteiger partial charge in [0, 0.05) is 47.4 Å². The first-order valence-corrected chi connectivity index (χ1v) is 9.23. The fraction of sp³-hybridized carbons (Fsp3) is 0.211. The number of fused-ring (bicyclic) bond motifs is 1. The van der Waals surface area contributed by atoms with Crippen LogP contribution in [0.2, 0.25) is 10.0 Å². The molecule has 138 valence electrons. The average molecular weight is 403 g/mol. The van der Waals surface area contributed by atoms with Gasteiger partial charge in [0.1, 0.15) is 0 Å². The number of aromatic nitrogens is 2. The van der Waals surface area contributed by atoms with Gasteiger partial charge in [-0.3, -0.25) is 9.59 Å². The molecule has 2 aromatic heterocycles. The Balaban J connectivity index is 1.76. The van der Waals surface area contributed by atoms with Gasteiger partial charge in [0.05, 0.1) is 15.6 Å². The van der Waals surface area contributed by atoms with Gasteiger partial charge in [-0.15, -0.1) is 0 Å². The van der Waals surface area contributed by atoms with Gasteiger partial charge in [0.25, 0.3) is 0 Å². The maximum absolute atomic E-state index is 12.1. The Labute approximate surface area is 165 Å². The minimum Gasteiger partial charge on any atom is -0.358 e. The van der Waals surface area contributed by atoms with Crippen molar-refractivity contribution in [3.8, 4) is 11.1 Å². The van der Waals surface area contributed by atoms with Crippen LogP contribution in [0, 0.1) is 5.92 Å². The van der Waals surface area contributed by atoms with Crippen LogP contribution >= 0.6 is 23.2 Å². The Morgan fingerprint density at radius 1 is 1.19 bits per heavy atom. The van der Waals surface area contributed by atoms with Gasteiger partial charge >= 0.3 is 0 Å². The molecule has 1 aromatic carbocycles. The van der Waals surface area contributed by atoms with Crippen molar-refractivity contribution in [3.05, 3.63) is 40.6 Å². The summed E-state index contributed by atoms with van der Waals surface area (Å²) in [4.78, 5) is 30.8. The third-order valence-corrected chi connectivity index (χ3v) is 5.02. The zero-order valence-corrected chi connectivity index (χ0v) is 15.9.